The first-order valence-electron chi connectivity index (χ1n) is 7.77. The third-order valence-electron chi connectivity index (χ3n) is 4.55. The SMILES string of the molecule is COc1ccc(CNC(C)C2CCN(C)CC2)cc1OC. The number of likely N-dealkylation sites (tertiary alicyclic amines) is 1. The number of nitrogens with zero attached hydrogens (tertiary/aromatic N) is 1. The number of hydrogen-bond donors (Lipinski definition) is 1. The van der Waals surface area contributed by atoms with E-state index in [0.29, 0.717) is 6.04 Å². The molecule has 0 bridgehead atoms. The maximum atomic E-state index is 5.35. The van der Waals surface area contributed by atoms with Crippen LogP contribution in [0, 0.1) is 5.92 Å². The van der Waals surface area contributed by atoms with Crippen molar-refractivity contribution in [3.8, 4) is 11.5 Å². The Hall–Kier alpha value is -1.26. The Balaban J connectivity index is 1.87. The summed E-state index contributed by atoms with van der Waals surface area (Å²) >= 11 is 0. The van der Waals surface area contributed by atoms with Crippen molar-refractivity contribution in [2.45, 2.75) is 32.4 Å². The van der Waals surface area contributed by atoms with Gasteiger partial charge in [0.25, 0.3) is 0 Å². The van der Waals surface area contributed by atoms with E-state index in [9.17, 15) is 0 Å². The topological polar surface area (TPSA) is 33.7 Å². The average Bonchev–Trinajstić information content (AvgIpc) is 2.52. The van der Waals surface area contributed by atoms with Gasteiger partial charge in [-0.05, 0) is 63.5 Å². The van der Waals surface area contributed by atoms with Gasteiger partial charge in [0.2, 0.25) is 0 Å². The summed E-state index contributed by atoms with van der Waals surface area (Å²) in [6.07, 6.45) is 2.58. The largest absolute Gasteiger partial charge is 0.493 e. The second-order valence-electron chi connectivity index (χ2n) is 6.00. The highest BCUT2D eigenvalue weighted by atomic mass is 16.5. The molecule has 1 aliphatic heterocycles. The minimum absolute atomic E-state index is 0.548. The van der Waals surface area contributed by atoms with Gasteiger partial charge in [0.15, 0.2) is 11.5 Å². The highest BCUT2D eigenvalue weighted by Gasteiger charge is 2.21. The molecule has 1 heterocycles. The van der Waals surface area contributed by atoms with Crippen LogP contribution in [0.2, 0.25) is 0 Å². The molecule has 1 aromatic carbocycles. The van der Waals surface area contributed by atoms with E-state index >= 15 is 0 Å². The van der Waals surface area contributed by atoms with Gasteiger partial charge in [-0.25, -0.2) is 0 Å². The van der Waals surface area contributed by atoms with Crippen molar-refractivity contribution in [1.29, 1.82) is 0 Å². The molecule has 118 valence electrons. The molecule has 1 saturated heterocycles. The summed E-state index contributed by atoms with van der Waals surface area (Å²) < 4.78 is 10.6. The molecule has 0 amide bonds. The summed E-state index contributed by atoms with van der Waals surface area (Å²) in [7, 11) is 5.55. The minimum atomic E-state index is 0.548. The van der Waals surface area contributed by atoms with Crippen LogP contribution in [0.1, 0.15) is 25.3 Å². The maximum Gasteiger partial charge on any atom is 0.161 e. The van der Waals surface area contributed by atoms with E-state index in [1.807, 2.05) is 12.1 Å². The fraction of sp³-hybridized carbons (Fsp3) is 0.647. The molecule has 2 rings (SSSR count). The van der Waals surface area contributed by atoms with Crippen LogP contribution in [-0.4, -0.2) is 45.3 Å². The molecule has 1 aromatic rings. The molecular weight excluding hydrogens is 264 g/mol. The molecule has 4 nitrogen and oxygen atoms in total. The number of ether oxygens (including phenoxy) is 2. The molecule has 1 atom stereocenters. The zero-order valence-corrected chi connectivity index (χ0v) is 13.7. The van der Waals surface area contributed by atoms with E-state index in [1.54, 1.807) is 14.2 Å². The fourth-order valence-corrected chi connectivity index (χ4v) is 2.96. The second-order valence-corrected chi connectivity index (χ2v) is 6.00. The normalized spacial score (nSPS) is 18.5. The fourth-order valence-electron chi connectivity index (χ4n) is 2.96. The number of hydrogen-bond acceptors (Lipinski definition) is 4. The van der Waals surface area contributed by atoms with Gasteiger partial charge in [-0.2, -0.15) is 0 Å². The van der Waals surface area contributed by atoms with Gasteiger partial charge >= 0.3 is 0 Å². The van der Waals surface area contributed by atoms with Crippen LogP contribution in [0.15, 0.2) is 18.2 Å². The Bertz CT molecular complexity index is 442. The van der Waals surface area contributed by atoms with Crippen LogP contribution >= 0.6 is 0 Å². The van der Waals surface area contributed by atoms with Crippen molar-refractivity contribution in [1.82, 2.24) is 10.2 Å². The van der Waals surface area contributed by atoms with Gasteiger partial charge in [-0.3, -0.25) is 0 Å². The zero-order chi connectivity index (χ0) is 15.2. The predicted octanol–water partition coefficient (Wildman–Crippen LogP) is 2.52. The van der Waals surface area contributed by atoms with Crippen molar-refractivity contribution in [3.63, 3.8) is 0 Å². The number of rotatable bonds is 6. The molecule has 0 aliphatic carbocycles. The standard InChI is InChI=1S/C17H28N2O2/c1-13(15-7-9-19(2)10-8-15)18-12-14-5-6-16(20-3)17(11-14)21-4/h5-6,11,13,15,18H,7-10,12H2,1-4H3. The lowest BCUT2D eigenvalue weighted by Crippen LogP contribution is -2.40. The third-order valence-corrected chi connectivity index (χ3v) is 4.55. The van der Waals surface area contributed by atoms with Crippen LogP contribution in [0.3, 0.4) is 0 Å². The van der Waals surface area contributed by atoms with Crippen molar-refractivity contribution in [3.05, 3.63) is 23.8 Å². The van der Waals surface area contributed by atoms with Crippen LogP contribution in [0.5, 0.6) is 11.5 Å². The Morgan fingerprint density at radius 1 is 1.19 bits per heavy atom. The Morgan fingerprint density at radius 2 is 1.86 bits per heavy atom. The van der Waals surface area contributed by atoms with Crippen molar-refractivity contribution in [2.24, 2.45) is 5.92 Å². The third kappa shape index (κ3) is 4.35. The first-order chi connectivity index (χ1) is 10.1. The minimum Gasteiger partial charge on any atom is -0.493 e. The van der Waals surface area contributed by atoms with E-state index in [0.717, 1.165) is 24.0 Å². The predicted molar refractivity (Wildman–Crippen MR) is 86.1 cm³/mol. The molecule has 1 aliphatic rings. The van der Waals surface area contributed by atoms with E-state index in [-0.39, 0.29) is 0 Å². The van der Waals surface area contributed by atoms with Crippen molar-refractivity contribution in [2.75, 3.05) is 34.4 Å². The summed E-state index contributed by atoms with van der Waals surface area (Å²) in [6, 6.07) is 6.66. The van der Waals surface area contributed by atoms with Crippen LogP contribution in [0.25, 0.3) is 0 Å². The molecule has 1 unspecified atom stereocenters. The maximum absolute atomic E-state index is 5.35. The molecular formula is C17H28N2O2. The molecule has 0 radical (unpaired) electrons. The first-order valence-corrected chi connectivity index (χ1v) is 7.77. The summed E-state index contributed by atoms with van der Waals surface area (Å²) in [5, 5.41) is 3.66. The molecule has 0 aromatic heterocycles. The Morgan fingerprint density at radius 3 is 2.48 bits per heavy atom. The number of benzene rings is 1. The van der Waals surface area contributed by atoms with Crippen LogP contribution in [-0.2, 0) is 6.54 Å². The van der Waals surface area contributed by atoms with Gasteiger partial charge in [0.1, 0.15) is 0 Å². The number of nitrogens with one attached hydrogen (secondary N) is 1. The lowest BCUT2D eigenvalue weighted by atomic mass is 9.90. The highest BCUT2D eigenvalue weighted by Crippen LogP contribution is 2.27. The quantitative estimate of drug-likeness (QED) is 0.873. The van der Waals surface area contributed by atoms with Gasteiger partial charge in [0.05, 0.1) is 14.2 Å². The van der Waals surface area contributed by atoms with Crippen LogP contribution in [0.4, 0.5) is 0 Å². The lowest BCUT2D eigenvalue weighted by molar-refractivity contribution is 0.189. The first kappa shape index (κ1) is 16.1. The van der Waals surface area contributed by atoms with E-state index in [1.165, 1.54) is 31.5 Å². The molecule has 1 N–H and O–H groups in total. The van der Waals surface area contributed by atoms with Gasteiger partial charge in [-0.1, -0.05) is 6.07 Å². The Kier molecular flexibility index (Phi) is 5.88. The van der Waals surface area contributed by atoms with E-state index in [2.05, 4.69) is 30.3 Å². The second kappa shape index (κ2) is 7.66. The summed E-state index contributed by atoms with van der Waals surface area (Å²) in [4.78, 5) is 2.41. The highest BCUT2D eigenvalue weighted by molar-refractivity contribution is 5.42. The van der Waals surface area contributed by atoms with Gasteiger partial charge in [-0.15, -0.1) is 0 Å². The molecule has 1 fully saturated rings. The summed E-state index contributed by atoms with van der Waals surface area (Å²) in [6.45, 7) is 5.60. The van der Waals surface area contributed by atoms with Gasteiger partial charge in [0, 0.05) is 12.6 Å². The molecule has 0 saturated carbocycles. The van der Waals surface area contributed by atoms with E-state index < -0.39 is 0 Å². The van der Waals surface area contributed by atoms with Crippen molar-refractivity contribution < 1.29 is 9.47 Å². The average molecular weight is 292 g/mol. The lowest BCUT2D eigenvalue weighted by Gasteiger charge is -2.33. The molecule has 4 heteroatoms. The molecule has 0 spiro atoms. The van der Waals surface area contributed by atoms with Crippen molar-refractivity contribution >= 4 is 0 Å². The smallest absolute Gasteiger partial charge is 0.161 e. The van der Waals surface area contributed by atoms with Gasteiger partial charge < -0.3 is 19.7 Å². The molecule has 21 heavy (non-hydrogen) atoms. The summed E-state index contributed by atoms with van der Waals surface area (Å²) in [5.41, 5.74) is 1.23. The summed E-state index contributed by atoms with van der Waals surface area (Å²) in [5.74, 6) is 2.36. The monoisotopic (exact) mass is 292 g/mol. The zero-order valence-electron chi connectivity index (χ0n) is 13.7. The Labute approximate surface area is 128 Å². The van der Waals surface area contributed by atoms with Crippen LogP contribution < -0.4 is 14.8 Å². The number of methoxy groups -OCH3 is 2. The number of piperidine rings is 1. The van der Waals surface area contributed by atoms with E-state index in [4.69, 9.17) is 9.47 Å².